The van der Waals surface area contributed by atoms with Crippen LogP contribution in [0.5, 0.6) is 0 Å². The highest BCUT2D eigenvalue weighted by Crippen LogP contribution is 2.47. The monoisotopic (exact) mass is 265 g/mol. The standard InChI is InChI=1S/C16H27NO2/c18-14-8-6-12(7-9-14)16(19)17-10-13-5-4-11-2-1-3-15(11)13/h11-15,18H,1-10H2,(H,17,19)/t11-,12?,13+,14?,15-/m0/s1. The Morgan fingerprint density at radius 2 is 1.79 bits per heavy atom. The van der Waals surface area contributed by atoms with E-state index in [9.17, 15) is 9.90 Å². The molecule has 3 saturated carbocycles. The van der Waals surface area contributed by atoms with Crippen molar-refractivity contribution in [3.8, 4) is 0 Å². The number of amides is 1. The number of aliphatic hydroxyl groups is 1. The van der Waals surface area contributed by atoms with Gasteiger partial charge in [-0.05, 0) is 62.7 Å². The van der Waals surface area contributed by atoms with Crippen LogP contribution in [0.25, 0.3) is 0 Å². The number of fused-ring (bicyclic) bond motifs is 1. The molecular weight excluding hydrogens is 238 g/mol. The normalized spacial score (nSPS) is 42.1. The first-order valence-electron chi connectivity index (χ1n) is 8.20. The first-order valence-corrected chi connectivity index (χ1v) is 8.20. The van der Waals surface area contributed by atoms with Crippen molar-refractivity contribution in [3.05, 3.63) is 0 Å². The summed E-state index contributed by atoms with van der Waals surface area (Å²) in [7, 11) is 0. The molecule has 0 heterocycles. The van der Waals surface area contributed by atoms with Crippen LogP contribution in [0.3, 0.4) is 0 Å². The van der Waals surface area contributed by atoms with Crippen LogP contribution in [-0.4, -0.2) is 23.7 Å². The lowest BCUT2D eigenvalue weighted by Gasteiger charge is -2.26. The number of carbonyl (C=O) groups is 1. The van der Waals surface area contributed by atoms with Crippen LogP contribution in [0.1, 0.15) is 57.8 Å². The number of carbonyl (C=O) groups excluding carboxylic acids is 1. The lowest BCUT2D eigenvalue weighted by atomic mass is 9.86. The molecule has 3 aliphatic carbocycles. The molecule has 0 radical (unpaired) electrons. The third-order valence-electron chi connectivity index (χ3n) is 5.84. The van der Waals surface area contributed by atoms with Crippen molar-refractivity contribution in [1.82, 2.24) is 5.32 Å². The third-order valence-corrected chi connectivity index (χ3v) is 5.84. The molecule has 0 aliphatic heterocycles. The summed E-state index contributed by atoms with van der Waals surface area (Å²) in [6.07, 6.45) is 10.1. The summed E-state index contributed by atoms with van der Waals surface area (Å²) in [4.78, 5) is 12.2. The van der Waals surface area contributed by atoms with Crippen LogP contribution in [0, 0.1) is 23.7 Å². The zero-order chi connectivity index (χ0) is 13.2. The average Bonchev–Trinajstić information content (AvgIpc) is 3.00. The second kappa shape index (κ2) is 5.82. The number of rotatable bonds is 3. The van der Waals surface area contributed by atoms with E-state index in [4.69, 9.17) is 0 Å². The fourth-order valence-corrected chi connectivity index (χ4v) is 4.65. The molecule has 3 atom stereocenters. The van der Waals surface area contributed by atoms with E-state index in [0.717, 1.165) is 50.0 Å². The summed E-state index contributed by atoms with van der Waals surface area (Å²) >= 11 is 0. The Morgan fingerprint density at radius 3 is 2.58 bits per heavy atom. The molecule has 3 aliphatic rings. The molecule has 0 bridgehead atoms. The van der Waals surface area contributed by atoms with Gasteiger partial charge in [0.15, 0.2) is 0 Å². The smallest absolute Gasteiger partial charge is 0.223 e. The molecule has 3 nitrogen and oxygen atoms in total. The summed E-state index contributed by atoms with van der Waals surface area (Å²) in [5, 5.41) is 12.7. The molecule has 0 aromatic carbocycles. The predicted molar refractivity (Wildman–Crippen MR) is 74.5 cm³/mol. The van der Waals surface area contributed by atoms with Gasteiger partial charge < -0.3 is 10.4 Å². The SMILES string of the molecule is O=C(NC[C@H]1CC[C@@H]2CCC[C@@H]21)C1CCC(O)CC1. The fourth-order valence-electron chi connectivity index (χ4n) is 4.65. The Bertz CT molecular complexity index is 323. The second-order valence-corrected chi connectivity index (χ2v) is 6.94. The third kappa shape index (κ3) is 2.96. The van der Waals surface area contributed by atoms with Gasteiger partial charge in [-0.25, -0.2) is 0 Å². The van der Waals surface area contributed by atoms with Crippen molar-refractivity contribution in [1.29, 1.82) is 0 Å². The summed E-state index contributed by atoms with van der Waals surface area (Å²) < 4.78 is 0. The number of nitrogens with one attached hydrogen (secondary N) is 1. The fraction of sp³-hybridized carbons (Fsp3) is 0.938. The van der Waals surface area contributed by atoms with Gasteiger partial charge in [-0.15, -0.1) is 0 Å². The number of aliphatic hydroxyl groups excluding tert-OH is 1. The molecule has 0 saturated heterocycles. The topological polar surface area (TPSA) is 49.3 Å². The van der Waals surface area contributed by atoms with Gasteiger partial charge in [-0.3, -0.25) is 4.79 Å². The maximum Gasteiger partial charge on any atom is 0.223 e. The van der Waals surface area contributed by atoms with Crippen molar-refractivity contribution in [2.75, 3.05) is 6.54 Å². The Labute approximate surface area is 116 Å². The number of hydrogen-bond donors (Lipinski definition) is 2. The van der Waals surface area contributed by atoms with Crippen LogP contribution in [0.15, 0.2) is 0 Å². The van der Waals surface area contributed by atoms with E-state index in [2.05, 4.69) is 5.32 Å². The van der Waals surface area contributed by atoms with Crippen molar-refractivity contribution in [2.24, 2.45) is 23.7 Å². The molecule has 3 heteroatoms. The van der Waals surface area contributed by atoms with Gasteiger partial charge in [0.25, 0.3) is 0 Å². The molecule has 108 valence electrons. The Morgan fingerprint density at radius 1 is 1.00 bits per heavy atom. The van der Waals surface area contributed by atoms with Crippen molar-refractivity contribution in [2.45, 2.75) is 63.9 Å². The molecule has 3 rings (SSSR count). The van der Waals surface area contributed by atoms with E-state index in [1.54, 1.807) is 0 Å². The van der Waals surface area contributed by atoms with Crippen LogP contribution >= 0.6 is 0 Å². The van der Waals surface area contributed by atoms with Crippen LogP contribution in [-0.2, 0) is 4.79 Å². The van der Waals surface area contributed by atoms with E-state index in [1.165, 1.54) is 32.1 Å². The van der Waals surface area contributed by atoms with E-state index >= 15 is 0 Å². The van der Waals surface area contributed by atoms with Crippen LogP contribution in [0.4, 0.5) is 0 Å². The van der Waals surface area contributed by atoms with Crippen molar-refractivity contribution < 1.29 is 9.90 Å². The van der Waals surface area contributed by atoms with Gasteiger partial charge in [-0.2, -0.15) is 0 Å². The highest BCUT2D eigenvalue weighted by atomic mass is 16.3. The van der Waals surface area contributed by atoms with Crippen molar-refractivity contribution >= 4 is 5.91 Å². The molecule has 19 heavy (non-hydrogen) atoms. The molecule has 0 aromatic rings. The molecule has 0 spiro atoms. The highest BCUT2D eigenvalue weighted by molar-refractivity contribution is 5.78. The Kier molecular flexibility index (Phi) is 4.11. The number of hydrogen-bond acceptors (Lipinski definition) is 2. The summed E-state index contributed by atoms with van der Waals surface area (Å²) in [5.41, 5.74) is 0. The molecule has 3 fully saturated rings. The minimum Gasteiger partial charge on any atom is -0.393 e. The first kappa shape index (κ1) is 13.4. The highest BCUT2D eigenvalue weighted by Gasteiger charge is 2.39. The van der Waals surface area contributed by atoms with E-state index in [1.807, 2.05) is 0 Å². The average molecular weight is 265 g/mol. The summed E-state index contributed by atoms with van der Waals surface area (Å²) in [6.45, 7) is 0.902. The lowest BCUT2D eigenvalue weighted by molar-refractivity contribution is -0.126. The van der Waals surface area contributed by atoms with Gasteiger partial charge in [-0.1, -0.05) is 12.8 Å². The second-order valence-electron chi connectivity index (χ2n) is 6.94. The van der Waals surface area contributed by atoms with Gasteiger partial charge in [0.2, 0.25) is 5.91 Å². The van der Waals surface area contributed by atoms with E-state index < -0.39 is 0 Å². The minimum absolute atomic E-state index is 0.157. The lowest BCUT2D eigenvalue weighted by Crippen LogP contribution is -2.37. The predicted octanol–water partition coefficient (Wildman–Crippen LogP) is 2.48. The van der Waals surface area contributed by atoms with E-state index in [0.29, 0.717) is 0 Å². The van der Waals surface area contributed by atoms with Crippen LogP contribution in [0.2, 0.25) is 0 Å². The molecule has 1 amide bonds. The zero-order valence-electron chi connectivity index (χ0n) is 11.8. The molecule has 0 aromatic heterocycles. The molecule has 2 N–H and O–H groups in total. The quantitative estimate of drug-likeness (QED) is 0.823. The zero-order valence-corrected chi connectivity index (χ0v) is 11.8. The Hall–Kier alpha value is -0.570. The summed E-state index contributed by atoms with van der Waals surface area (Å²) in [6, 6.07) is 0. The van der Waals surface area contributed by atoms with Gasteiger partial charge in [0.1, 0.15) is 0 Å². The van der Waals surface area contributed by atoms with Crippen LogP contribution < -0.4 is 5.32 Å². The Balaban J connectivity index is 1.43. The maximum absolute atomic E-state index is 12.2. The van der Waals surface area contributed by atoms with Gasteiger partial charge in [0, 0.05) is 12.5 Å². The maximum atomic E-state index is 12.2. The van der Waals surface area contributed by atoms with Gasteiger partial charge in [0.05, 0.1) is 6.10 Å². The van der Waals surface area contributed by atoms with Crippen molar-refractivity contribution in [3.63, 3.8) is 0 Å². The largest absolute Gasteiger partial charge is 0.393 e. The first-order chi connectivity index (χ1) is 9.24. The minimum atomic E-state index is -0.168. The summed E-state index contributed by atoms with van der Waals surface area (Å²) in [5.74, 6) is 3.00. The van der Waals surface area contributed by atoms with E-state index in [-0.39, 0.29) is 17.9 Å². The molecule has 0 unspecified atom stereocenters. The molecular formula is C16H27NO2. The van der Waals surface area contributed by atoms with Gasteiger partial charge >= 0.3 is 0 Å².